The molecule has 1 aliphatic heterocycles. The van der Waals surface area contributed by atoms with Crippen LogP contribution in [-0.4, -0.2) is 46.5 Å². The summed E-state index contributed by atoms with van der Waals surface area (Å²) >= 11 is 12.2. The molecule has 0 spiro atoms. The lowest BCUT2D eigenvalue weighted by atomic mass is 10.00. The summed E-state index contributed by atoms with van der Waals surface area (Å²) in [6, 6.07) is 2.80. The zero-order valence-corrected chi connectivity index (χ0v) is 14.9. The fourth-order valence-corrected chi connectivity index (χ4v) is 5.08. The van der Waals surface area contributed by atoms with E-state index in [1.807, 2.05) is 7.05 Å². The molecule has 1 atom stereocenters. The highest BCUT2D eigenvalue weighted by Gasteiger charge is 2.32. The van der Waals surface area contributed by atoms with Gasteiger partial charge in [-0.05, 0) is 38.4 Å². The first-order valence-electron chi connectivity index (χ1n) is 7.08. The Balaban J connectivity index is 2.32. The number of benzene rings is 1. The number of ether oxygens (including phenoxy) is 1. The van der Waals surface area contributed by atoms with E-state index in [9.17, 15) is 8.42 Å². The van der Waals surface area contributed by atoms with Crippen LogP contribution in [0.1, 0.15) is 12.8 Å². The van der Waals surface area contributed by atoms with Crippen molar-refractivity contribution < 1.29 is 13.2 Å². The van der Waals surface area contributed by atoms with Gasteiger partial charge in [0, 0.05) is 19.2 Å². The molecule has 124 valence electrons. The molecule has 2 rings (SSSR count). The van der Waals surface area contributed by atoms with Crippen LogP contribution in [0, 0.1) is 5.92 Å². The summed E-state index contributed by atoms with van der Waals surface area (Å²) in [5.74, 6) is 0.665. The van der Waals surface area contributed by atoms with E-state index >= 15 is 0 Å². The third kappa shape index (κ3) is 3.68. The van der Waals surface area contributed by atoms with Crippen molar-refractivity contribution in [1.29, 1.82) is 0 Å². The third-order valence-electron chi connectivity index (χ3n) is 3.80. The van der Waals surface area contributed by atoms with Crippen LogP contribution >= 0.6 is 23.2 Å². The van der Waals surface area contributed by atoms with E-state index in [1.165, 1.54) is 23.5 Å². The monoisotopic (exact) mass is 366 g/mol. The molecule has 22 heavy (non-hydrogen) atoms. The Morgan fingerprint density at radius 2 is 2.09 bits per heavy atom. The molecule has 5 nitrogen and oxygen atoms in total. The lowest BCUT2D eigenvalue weighted by Gasteiger charge is -2.32. The first-order chi connectivity index (χ1) is 10.4. The summed E-state index contributed by atoms with van der Waals surface area (Å²) in [4.78, 5) is 0.0325. The van der Waals surface area contributed by atoms with Gasteiger partial charge < -0.3 is 10.1 Å². The fraction of sp³-hybridized carbons (Fsp3) is 0.571. The molecule has 1 aliphatic rings. The maximum Gasteiger partial charge on any atom is 0.244 e. The molecule has 1 fully saturated rings. The van der Waals surface area contributed by atoms with Gasteiger partial charge in [-0.25, -0.2) is 8.42 Å². The van der Waals surface area contributed by atoms with Gasteiger partial charge in [-0.15, -0.1) is 0 Å². The van der Waals surface area contributed by atoms with Gasteiger partial charge >= 0.3 is 0 Å². The minimum atomic E-state index is -3.66. The van der Waals surface area contributed by atoms with Crippen molar-refractivity contribution >= 4 is 33.2 Å². The average Bonchev–Trinajstić information content (AvgIpc) is 2.49. The smallest absolute Gasteiger partial charge is 0.244 e. The minimum Gasteiger partial charge on any atom is -0.495 e. The SMILES string of the molecule is CNCC1CCCN(S(=O)(=O)c2cc(Cl)c(OC)cc2Cl)C1. The van der Waals surface area contributed by atoms with Crippen molar-refractivity contribution in [3.05, 3.63) is 22.2 Å². The molecule has 0 bridgehead atoms. The summed E-state index contributed by atoms with van der Waals surface area (Å²) in [7, 11) is -0.332. The van der Waals surface area contributed by atoms with E-state index in [0.717, 1.165) is 19.4 Å². The highest BCUT2D eigenvalue weighted by molar-refractivity contribution is 7.89. The molecule has 1 aromatic carbocycles. The van der Waals surface area contributed by atoms with E-state index in [4.69, 9.17) is 27.9 Å². The number of methoxy groups -OCH3 is 1. The lowest BCUT2D eigenvalue weighted by Crippen LogP contribution is -2.42. The van der Waals surface area contributed by atoms with Gasteiger partial charge in [0.1, 0.15) is 10.6 Å². The topological polar surface area (TPSA) is 58.6 Å². The Labute approximate surface area is 141 Å². The predicted molar refractivity (Wildman–Crippen MR) is 88.4 cm³/mol. The number of halogens is 2. The van der Waals surface area contributed by atoms with E-state index in [0.29, 0.717) is 24.8 Å². The van der Waals surface area contributed by atoms with E-state index in [2.05, 4.69) is 5.32 Å². The normalized spacial score (nSPS) is 20.1. The first kappa shape index (κ1) is 17.8. The number of piperidine rings is 1. The van der Waals surface area contributed by atoms with Crippen LogP contribution in [0.4, 0.5) is 0 Å². The summed E-state index contributed by atoms with van der Waals surface area (Å²) in [6.07, 6.45) is 1.86. The fourth-order valence-electron chi connectivity index (χ4n) is 2.70. The van der Waals surface area contributed by atoms with Crippen molar-refractivity contribution in [1.82, 2.24) is 9.62 Å². The van der Waals surface area contributed by atoms with Gasteiger partial charge in [-0.3, -0.25) is 0 Å². The number of rotatable bonds is 5. The first-order valence-corrected chi connectivity index (χ1v) is 9.27. The standard InChI is InChI=1S/C14H20Cl2N2O3S/c1-17-8-10-4-3-5-18(9-10)22(19,20)14-7-11(15)13(21-2)6-12(14)16/h6-7,10,17H,3-5,8-9H2,1-2H3. The molecule has 1 heterocycles. The molecule has 0 amide bonds. The number of nitrogens with one attached hydrogen (secondary N) is 1. The molecule has 1 N–H and O–H groups in total. The van der Waals surface area contributed by atoms with Gasteiger partial charge in [-0.2, -0.15) is 4.31 Å². The van der Waals surface area contributed by atoms with E-state index < -0.39 is 10.0 Å². The van der Waals surface area contributed by atoms with Crippen LogP contribution in [0.25, 0.3) is 0 Å². The number of hydrogen-bond donors (Lipinski definition) is 1. The molecule has 0 aromatic heterocycles. The van der Waals surface area contributed by atoms with Crippen molar-refractivity contribution in [3.8, 4) is 5.75 Å². The Morgan fingerprint density at radius 3 is 2.73 bits per heavy atom. The van der Waals surface area contributed by atoms with Crippen LogP contribution in [0.3, 0.4) is 0 Å². The van der Waals surface area contributed by atoms with E-state index in [1.54, 1.807) is 0 Å². The maximum absolute atomic E-state index is 12.8. The van der Waals surface area contributed by atoms with Crippen molar-refractivity contribution in [2.45, 2.75) is 17.7 Å². The van der Waals surface area contributed by atoms with Gasteiger partial charge in [-0.1, -0.05) is 23.2 Å². The van der Waals surface area contributed by atoms with Crippen molar-refractivity contribution in [2.24, 2.45) is 5.92 Å². The van der Waals surface area contributed by atoms with Crippen LogP contribution in [0.5, 0.6) is 5.75 Å². The number of nitrogens with zero attached hydrogens (tertiary/aromatic N) is 1. The summed E-state index contributed by atoms with van der Waals surface area (Å²) in [5, 5.41) is 3.45. The molecule has 0 saturated carbocycles. The molecule has 0 aliphatic carbocycles. The zero-order chi connectivity index (χ0) is 16.3. The van der Waals surface area contributed by atoms with Crippen LogP contribution < -0.4 is 10.1 Å². The van der Waals surface area contributed by atoms with Crippen LogP contribution in [0.2, 0.25) is 10.0 Å². The van der Waals surface area contributed by atoms with Gasteiger partial charge in [0.25, 0.3) is 0 Å². The second-order valence-corrected chi connectivity index (χ2v) is 8.07. The third-order valence-corrected chi connectivity index (χ3v) is 6.42. The van der Waals surface area contributed by atoms with Crippen LogP contribution in [-0.2, 0) is 10.0 Å². The molecule has 8 heteroatoms. The largest absolute Gasteiger partial charge is 0.495 e. The predicted octanol–water partition coefficient (Wildman–Crippen LogP) is 2.62. The summed E-state index contributed by atoms with van der Waals surface area (Å²) < 4.78 is 32.2. The van der Waals surface area contributed by atoms with E-state index in [-0.39, 0.29) is 14.9 Å². The minimum absolute atomic E-state index is 0.0325. The highest BCUT2D eigenvalue weighted by Crippen LogP contribution is 2.35. The van der Waals surface area contributed by atoms with Crippen molar-refractivity contribution in [3.63, 3.8) is 0 Å². The Morgan fingerprint density at radius 1 is 1.36 bits per heavy atom. The van der Waals surface area contributed by atoms with Crippen LogP contribution in [0.15, 0.2) is 17.0 Å². The molecule has 1 aromatic rings. The second kappa shape index (κ2) is 7.36. The maximum atomic E-state index is 12.8. The highest BCUT2D eigenvalue weighted by atomic mass is 35.5. The second-order valence-electron chi connectivity index (χ2n) is 5.35. The Hall–Kier alpha value is -0.530. The Kier molecular flexibility index (Phi) is 5.96. The molecular formula is C14H20Cl2N2O3S. The zero-order valence-electron chi connectivity index (χ0n) is 12.6. The molecule has 0 radical (unpaired) electrons. The molecule has 1 unspecified atom stereocenters. The molecular weight excluding hydrogens is 347 g/mol. The number of hydrogen-bond acceptors (Lipinski definition) is 4. The number of sulfonamides is 1. The summed E-state index contributed by atoms with van der Waals surface area (Å²) in [5.41, 5.74) is 0. The quantitative estimate of drug-likeness (QED) is 0.869. The van der Waals surface area contributed by atoms with Gasteiger partial charge in [0.05, 0.1) is 17.2 Å². The molecule has 1 saturated heterocycles. The van der Waals surface area contributed by atoms with Gasteiger partial charge in [0.15, 0.2) is 0 Å². The van der Waals surface area contributed by atoms with Crippen molar-refractivity contribution in [2.75, 3.05) is 33.8 Å². The summed E-state index contributed by atoms with van der Waals surface area (Å²) in [6.45, 7) is 1.79. The lowest BCUT2D eigenvalue weighted by molar-refractivity contribution is 0.263. The van der Waals surface area contributed by atoms with Gasteiger partial charge in [0.2, 0.25) is 10.0 Å². The average molecular weight is 367 g/mol. The Bertz CT molecular complexity index is 635.